The molecule has 2 aliphatic rings. The Hall–Kier alpha value is -1.21. The molecule has 0 bridgehead atoms. The summed E-state index contributed by atoms with van der Waals surface area (Å²) in [4.78, 5) is 14.0. The van der Waals surface area contributed by atoms with Crippen molar-refractivity contribution in [1.82, 2.24) is 20.4 Å². The summed E-state index contributed by atoms with van der Waals surface area (Å²) in [6.07, 6.45) is 2.08. The quantitative estimate of drug-likeness (QED) is 0.764. The molecule has 2 unspecified atom stereocenters. The van der Waals surface area contributed by atoms with Crippen molar-refractivity contribution in [3.05, 3.63) is 5.01 Å². The molecule has 0 aliphatic carbocycles. The third-order valence-electron chi connectivity index (χ3n) is 3.54. The van der Waals surface area contributed by atoms with Crippen molar-refractivity contribution < 1.29 is 4.79 Å². The van der Waals surface area contributed by atoms with E-state index in [-0.39, 0.29) is 11.8 Å². The Bertz CT molecular complexity index is 434. The monoisotopic (exact) mass is 253 g/mol. The predicted molar refractivity (Wildman–Crippen MR) is 64.3 cm³/mol. The number of nitrogens with two attached hydrogens (primary N) is 1. The molecule has 3 rings (SSSR count). The Morgan fingerprint density at radius 2 is 2.41 bits per heavy atom. The average molecular weight is 253 g/mol. The molecule has 3 N–H and O–H groups in total. The van der Waals surface area contributed by atoms with Gasteiger partial charge in [-0.15, -0.1) is 10.2 Å². The zero-order valence-electron chi connectivity index (χ0n) is 9.43. The minimum absolute atomic E-state index is 0.161. The second kappa shape index (κ2) is 4.23. The maximum atomic E-state index is 11.6. The van der Waals surface area contributed by atoms with Gasteiger partial charge in [-0.05, 0) is 19.4 Å². The van der Waals surface area contributed by atoms with E-state index in [0.717, 1.165) is 37.5 Å². The zero-order valence-corrected chi connectivity index (χ0v) is 10.2. The third-order valence-corrected chi connectivity index (χ3v) is 4.27. The summed E-state index contributed by atoms with van der Waals surface area (Å²) in [6.45, 7) is 2.54. The van der Waals surface area contributed by atoms with Crippen molar-refractivity contribution in [2.75, 3.05) is 18.8 Å². The first-order valence-electron chi connectivity index (χ1n) is 5.83. The van der Waals surface area contributed by atoms with E-state index >= 15 is 0 Å². The lowest BCUT2D eigenvalue weighted by atomic mass is 9.91. The highest BCUT2D eigenvalue weighted by molar-refractivity contribution is 7.15. The lowest BCUT2D eigenvalue weighted by molar-refractivity contribution is -0.124. The fourth-order valence-corrected chi connectivity index (χ4v) is 3.38. The van der Waals surface area contributed by atoms with Crippen LogP contribution >= 0.6 is 11.3 Å². The number of hydrogen-bond donors (Lipinski definition) is 2. The fourth-order valence-electron chi connectivity index (χ4n) is 2.74. The number of likely N-dealkylation sites (tertiary alicyclic amines) is 1. The number of amides is 1. The lowest BCUT2D eigenvalue weighted by Crippen LogP contribution is -2.44. The molecule has 6 nitrogen and oxygen atoms in total. The van der Waals surface area contributed by atoms with Crippen LogP contribution in [0.2, 0.25) is 0 Å². The lowest BCUT2D eigenvalue weighted by Gasteiger charge is -2.35. The maximum Gasteiger partial charge on any atom is 0.224 e. The number of fused-ring (bicyclic) bond motifs is 1. The molecule has 1 aromatic rings. The number of nitrogen functional groups attached to an aromatic ring is 1. The summed E-state index contributed by atoms with van der Waals surface area (Å²) in [6, 6.07) is 0.321. The van der Waals surface area contributed by atoms with E-state index in [2.05, 4.69) is 20.4 Å². The van der Waals surface area contributed by atoms with Gasteiger partial charge in [0.05, 0.1) is 12.5 Å². The molecule has 17 heavy (non-hydrogen) atoms. The first kappa shape index (κ1) is 10.9. The third kappa shape index (κ3) is 2.00. The molecular formula is C10H15N5OS. The van der Waals surface area contributed by atoms with Crippen LogP contribution in [0.5, 0.6) is 0 Å². The Kier molecular flexibility index (Phi) is 2.71. The minimum Gasteiger partial charge on any atom is -0.374 e. The number of carbonyl (C=O) groups excluding carboxylic acids is 1. The molecule has 0 saturated carbocycles. The van der Waals surface area contributed by atoms with Gasteiger partial charge in [-0.25, -0.2) is 0 Å². The minimum atomic E-state index is 0.161. The number of nitrogens with one attached hydrogen (secondary N) is 1. The van der Waals surface area contributed by atoms with E-state index in [0.29, 0.717) is 11.2 Å². The van der Waals surface area contributed by atoms with E-state index in [9.17, 15) is 4.79 Å². The summed E-state index contributed by atoms with van der Waals surface area (Å²) in [7, 11) is 0. The maximum absolute atomic E-state index is 11.6. The molecule has 92 valence electrons. The first-order chi connectivity index (χ1) is 8.24. The SMILES string of the molecule is Nc1nnc(CN2CCCC3C(=O)NCC32)s1. The van der Waals surface area contributed by atoms with E-state index in [1.165, 1.54) is 11.3 Å². The molecule has 3 heterocycles. The van der Waals surface area contributed by atoms with Crippen LogP contribution < -0.4 is 11.1 Å². The van der Waals surface area contributed by atoms with Crippen LogP contribution in [0.1, 0.15) is 17.8 Å². The number of piperidine rings is 1. The van der Waals surface area contributed by atoms with Gasteiger partial charge in [-0.3, -0.25) is 9.69 Å². The van der Waals surface area contributed by atoms with Crippen LogP contribution in [-0.4, -0.2) is 40.1 Å². The molecule has 2 atom stereocenters. The summed E-state index contributed by atoms with van der Waals surface area (Å²) in [5, 5.41) is 12.2. The molecule has 0 spiro atoms. The van der Waals surface area contributed by atoms with E-state index < -0.39 is 0 Å². The molecule has 2 saturated heterocycles. The van der Waals surface area contributed by atoms with E-state index in [1.54, 1.807) is 0 Å². The van der Waals surface area contributed by atoms with Gasteiger partial charge in [0.25, 0.3) is 0 Å². The van der Waals surface area contributed by atoms with Gasteiger partial charge in [0, 0.05) is 12.6 Å². The molecular weight excluding hydrogens is 238 g/mol. The molecule has 2 fully saturated rings. The van der Waals surface area contributed by atoms with Crippen molar-refractivity contribution in [1.29, 1.82) is 0 Å². The fraction of sp³-hybridized carbons (Fsp3) is 0.700. The largest absolute Gasteiger partial charge is 0.374 e. The molecule has 1 aromatic heterocycles. The van der Waals surface area contributed by atoms with Crippen molar-refractivity contribution >= 4 is 22.4 Å². The molecule has 0 aromatic carbocycles. The second-order valence-electron chi connectivity index (χ2n) is 4.57. The summed E-state index contributed by atoms with van der Waals surface area (Å²) in [5.74, 6) is 0.366. The summed E-state index contributed by atoms with van der Waals surface area (Å²) < 4.78 is 0. The predicted octanol–water partition coefficient (Wildman–Crippen LogP) is -0.169. The zero-order chi connectivity index (χ0) is 11.8. The van der Waals surface area contributed by atoms with Crippen LogP contribution in [0.15, 0.2) is 0 Å². The van der Waals surface area contributed by atoms with Crippen LogP contribution in [-0.2, 0) is 11.3 Å². The highest BCUT2D eigenvalue weighted by Gasteiger charge is 2.40. The van der Waals surface area contributed by atoms with Crippen LogP contribution in [0, 0.1) is 5.92 Å². The number of hydrogen-bond acceptors (Lipinski definition) is 6. The van der Waals surface area contributed by atoms with E-state index in [4.69, 9.17) is 5.73 Å². The number of anilines is 1. The molecule has 0 radical (unpaired) electrons. The van der Waals surface area contributed by atoms with Gasteiger partial charge in [-0.2, -0.15) is 0 Å². The van der Waals surface area contributed by atoms with Gasteiger partial charge < -0.3 is 11.1 Å². The normalized spacial score (nSPS) is 29.1. The second-order valence-corrected chi connectivity index (χ2v) is 5.66. The number of carbonyl (C=O) groups is 1. The highest BCUT2D eigenvalue weighted by Crippen LogP contribution is 2.29. The average Bonchev–Trinajstić information content (AvgIpc) is 2.88. The van der Waals surface area contributed by atoms with Crippen molar-refractivity contribution in [2.24, 2.45) is 5.92 Å². The Labute approximate surface area is 103 Å². The van der Waals surface area contributed by atoms with Gasteiger partial charge >= 0.3 is 0 Å². The van der Waals surface area contributed by atoms with E-state index in [1.807, 2.05) is 0 Å². The van der Waals surface area contributed by atoms with Gasteiger partial charge in [-0.1, -0.05) is 11.3 Å². The smallest absolute Gasteiger partial charge is 0.224 e. The number of nitrogens with zero attached hydrogens (tertiary/aromatic N) is 3. The number of aromatic nitrogens is 2. The molecule has 7 heteroatoms. The van der Waals surface area contributed by atoms with Gasteiger partial charge in [0.2, 0.25) is 11.0 Å². The number of rotatable bonds is 2. The first-order valence-corrected chi connectivity index (χ1v) is 6.65. The Morgan fingerprint density at radius 1 is 1.53 bits per heavy atom. The summed E-state index contributed by atoms with van der Waals surface area (Å²) >= 11 is 1.42. The highest BCUT2D eigenvalue weighted by atomic mass is 32.1. The van der Waals surface area contributed by atoms with Crippen LogP contribution in [0.25, 0.3) is 0 Å². The van der Waals surface area contributed by atoms with Gasteiger partial charge in [0.1, 0.15) is 5.01 Å². The van der Waals surface area contributed by atoms with Gasteiger partial charge in [0.15, 0.2) is 0 Å². The Morgan fingerprint density at radius 3 is 3.18 bits per heavy atom. The topological polar surface area (TPSA) is 84.1 Å². The standard InChI is InChI=1S/C10H15N5OS/c11-10-14-13-8(17-10)5-15-3-1-2-6-7(15)4-12-9(6)16/h6-7H,1-5H2,(H2,11,14)(H,12,16). The van der Waals surface area contributed by atoms with Crippen LogP contribution in [0.4, 0.5) is 5.13 Å². The molecule has 1 amide bonds. The molecule has 2 aliphatic heterocycles. The summed E-state index contributed by atoms with van der Waals surface area (Å²) in [5.41, 5.74) is 5.57. The van der Waals surface area contributed by atoms with Crippen LogP contribution in [0.3, 0.4) is 0 Å². The van der Waals surface area contributed by atoms with Crippen molar-refractivity contribution in [3.8, 4) is 0 Å². The van der Waals surface area contributed by atoms with Crippen molar-refractivity contribution in [3.63, 3.8) is 0 Å². The van der Waals surface area contributed by atoms with Crippen molar-refractivity contribution in [2.45, 2.75) is 25.4 Å². The Balaban J connectivity index is 1.72.